The van der Waals surface area contributed by atoms with Crippen molar-refractivity contribution in [2.24, 2.45) is 23.7 Å². The van der Waals surface area contributed by atoms with Gasteiger partial charge < -0.3 is 9.80 Å². The van der Waals surface area contributed by atoms with Crippen molar-refractivity contribution in [1.82, 2.24) is 0 Å². The molecule has 2 heteroatoms. The van der Waals surface area contributed by atoms with E-state index in [1.807, 2.05) is 0 Å². The van der Waals surface area contributed by atoms with Crippen molar-refractivity contribution >= 4 is 22.5 Å². The number of nitrogens with zero attached hydrogens (tertiary/aromatic N) is 2. The Bertz CT molecular complexity index is 3250. The molecular formula is C67H62N2. The quantitative estimate of drug-likeness (QED) is 0.150. The molecule has 1 heterocycles. The van der Waals surface area contributed by atoms with Crippen molar-refractivity contribution in [3.05, 3.63) is 250 Å². The number of benzene rings is 6. The van der Waals surface area contributed by atoms with Gasteiger partial charge in [0.15, 0.2) is 0 Å². The largest absolute Gasteiger partial charge is 0.340 e. The highest BCUT2D eigenvalue weighted by Gasteiger charge is 2.72. The van der Waals surface area contributed by atoms with E-state index in [4.69, 9.17) is 0 Å². The Morgan fingerprint density at radius 2 is 1.42 bits per heavy atom. The predicted octanol–water partition coefficient (Wildman–Crippen LogP) is 16.0. The molecule has 2 saturated carbocycles. The Hall–Kier alpha value is -6.64. The highest BCUT2D eigenvalue weighted by Crippen LogP contribution is 2.72. The summed E-state index contributed by atoms with van der Waals surface area (Å²) in [5.74, 6) is 3.25. The highest BCUT2D eigenvalue weighted by atomic mass is 15.3. The van der Waals surface area contributed by atoms with E-state index in [0.29, 0.717) is 41.5 Å². The summed E-state index contributed by atoms with van der Waals surface area (Å²) in [6.07, 6.45) is 25.5. The van der Waals surface area contributed by atoms with Crippen LogP contribution in [-0.2, 0) is 10.8 Å². The summed E-state index contributed by atoms with van der Waals surface area (Å²) in [6, 6.07) is 56.2. The van der Waals surface area contributed by atoms with Crippen LogP contribution in [0.25, 0.3) is 22.3 Å². The summed E-state index contributed by atoms with van der Waals surface area (Å²) in [6.45, 7) is 9.56. The minimum Gasteiger partial charge on any atom is -0.340 e. The SMILES string of the molecule is Cc1ccccc1-c1c(C)ccc2c1[C@@]13C=CC=CC1C3N2C1=CC2C(CC1)C2c1ccc(N(C2=CC=C3c4ccccc4C(C)(C)C3C2)C2C=C(c3ccccc3)CC(c3ccccc3)C2)cc1. The molecule has 8 aliphatic rings. The molecule has 0 amide bonds. The fraction of sp³-hybridized carbons (Fsp3) is 0.284. The van der Waals surface area contributed by atoms with Gasteiger partial charge in [-0.3, -0.25) is 0 Å². The third-order valence-corrected chi connectivity index (χ3v) is 18.6. The van der Waals surface area contributed by atoms with Crippen LogP contribution in [0.5, 0.6) is 0 Å². The third-order valence-electron chi connectivity index (χ3n) is 18.6. The molecule has 7 aliphatic carbocycles. The van der Waals surface area contributed by atoms with Gasteiger partial charge in [-0.15, -0.1) is 0 Å². The van der Waals surface area contributed by atoms with Crippen molar-refractivity contribution in [2.45, 2.75) is 94.5 Å². The van der Waals surface area contributed by atoms with Crippen molar-refractivity contribution in [3.63, 3.8) is 0 Å². The highest BCUT2D eigenvalue weighted by molar-refractivity contribution is 5.89. The lowest BCUT2D eigenvalue weighted by atomic mass is 9.73. The molecule has 340 valence electrons. The first-order valence-electron chi connectivity index (χ1n) is 26.1. The fourth-order valence-corrected chi connectivity index (χ4v) is 15.1. The maximum absolute atomic E-state index is 2.82. The summed E-state index contributed by atoms with van der Waals surface area (Å²) < 4.78 is 0. The van der Waals surface area contributed by atoms with Crippen molar-refractivity contribution in [1.29, 1.82) is 0 Å². The molecule has 6 aromatic rings. The standard InChI is InChI=1S/C67H62N2/c1-42-17-11-12-22-53(42)62-43(2)26-35-61-64(62)67-36-16-15-25-59(67)65(67)69(61)50-32-34-56-57(40-50)63(56)46-27-29-49(30-28-46)68(51-31-33-55-54-23-13-14-24-58(54)66(3,4)60(55)41-51)52-38-47(44-18-7-5-8-19-44)37-48(39-52)45-20-9-6-10-21-45/h5-31,33,35-36,38,40,48,52,56-57,59-60,63,65H,32,34,37,39,41H2,1-4H3/t48?,52?,56?,57?,59?,60?,63?,65?,67-/m1/s1. The Morgan fingerprint density at radius 3 is 2.23 bits per heavy atom. The normalized spacial score (nSPS) is 29.2. The van der Waals surface area contributed by atoms with Gasteiger partial charge in [0.05, 0.1) is 12.1 Å². The lowest BCUT2D eigenvalue weighted by molar-refractivity contribution is 0.401. The van der Waals surface area contributed by atoms with Crippen molar-refractivity contribution in [3.8, 4) is 11.1 Å². The Balaban J connectivity index is 0.814. The van der Waals surface area contributed by atoms with E-state index < -0.39 is 0 Å². The zero-order valence-corrected chi connectivity index (χ0v) is 40.5. The Morgan fingerprint density at radius 1 is 0.667 bits per heavy atom. The molecule has 8 unspecified atom stereocenters. The molecule has 9 atom stereocenters. The van der Waals surface area contributed by atoms with Gasteiger partial charge in [-0.25, -0.2) is 0 Å². The van der Waals surface area contributed by atoms with E-state index in [9.17, 15) is 0 Å². The third kappa shape index (κ3) is 6.23. The minimum absolute atomic E-state index is 0.0508. The van der Waals surface area contributed by atoms with E-state index in [1.165, 1.54) is 84.7 Å². The van der Waals surface area contributed by atoms with Crippen molar-refractivity contribution in [2.75, 3.05) is 9.80 Å². The predicted molar refractivity (Wildman–Crippen MR) is 287 cm³/mol. The Labute approximate surface area is 409 Å². The molecule has 0 radical (unpaired) electrons. The van der Waals surface area contributed by atoms with Crippen molar-refractivity contribution < 1.29 is 0 Å². The van der Waals surface area contributed by atoms with Gasteiger partial charge >= 0.3 is 0 Å². The van der Waals surface area contributed by atoms with Crippen LogP contribution in [0.4, 0.5) is 11.4 Å². The number of fused-ring (bicyclic) bond motifs is 6. The van der Waals surface area contributed by atoms with Gasteiger partial charge in [0.25, 0.3) is 0 Å². The molecule has 1 spiro atoms. The van der Waals surface area contributed by atoms with Crippen LogP contribution >= 0.6 is 0 Å². The molecule has 69 heavy (non-hydrogen) atoms. The zero-order chi connectivity index (χ0) is 46.2. The molecule has 0 N–H and O–H groups in total. The lowest BCUT2D eigenvalue weighted by Gasteiger charge is -2.42. The van der Waals surface area contributed by atoms with Gasteiger partial charge in [0.1, 0.15) is 0 Å². The van der Waals surface area contributed by atoms with E-state index in [2.05, 4.69) is 232 Å². The monoisotopic (exact) mass is 894 g/mol. The van der Waals surface area contributed by atoms with Crippen LogP contribution in [0, 0.1) is 37.5 Å². The van der Waals surface area contributed by atoms with Gasteiger partial charge in [-0.05, 0) is 172 Å². The summed E-state index contributed by atoms with van der Waals surface area (Å²) in [7, 11) is 0. The van der Waals surface area contributed by atoms with Crippen LogP contribution in [-0.4, -0.2) is 12.1 Å². The second kappa shape index (κ2) is 15.4. The second-order valence-electron chi connectivity index (χ2n) is 22.4. The van der Waals surface area contributed by atoms with Crippen LogP contribution in [0.2, 0.25) is 0 Å². The maximum Gasteiger partial charge on any atom is 0.0553 e. The molecular weight excluding hydrogens is 833 g/mol. The van der Waals surface area contributed by atoms with Gasteiger partial charge in [0, 0.05) is 34.1 Å². The average molecular weight is 895 g/mol. The second-order valence-corrected chi connectivity index (χ2v) is 22.4. The minimum atomic E-state index is 0.0508. The van der Waals surface area contributed by atoms with Gasteiger partial charge in [-0.1, -0.05) is 184 Å². The summed E-state index contributed by atoms with van der Waals surface area (Å²) in [5.41, 5.74) is 23.2. The van der Waals surface area contributed by atoms with Gasteiger partial charge in [-0.2, -0.15) is 0 Å². The van der Waals surface area contributed by atoms with E-state index in [-0.39, 0.29) is 16.9 Å². The number of aryl methyl sites for hydroxylation is 2. The maximum atomic E-state index is 2.82. The van der Waals surface area contributed by atoms with Crippen LogP contribution in [0.15, 0.2) is 206 Å². The topological polar surface area (TPSA) is 6.48 Å². The average Bonchev–Trinajstić information content (AvgIpc) is 4.25. The molecule has 2 nitrogen and oxygen atoms in total. The van der Waals surface area contributed by atoms with Crippen LogP contribution in [0.3, 0.4) is 0 Å². The molecule has 0 aromatic heterocycles. The van der Waals surface area contributed by atoms with E-state index in [0.717, 1.165) is 25.7 Å². The Kier molecular flexibility index (Phi) is 9.25. The van der Waals surface area contributed by atoms with Gasteiger partial charge in [0.2, 0.25) is 0 Å². The summed E-state index contributed by atoms with van der Waals surface area (Å²) in [5, 5.41) is 0. The van der Waals surface area contributed by atoms with Crippen LogP contribution < -0.4 is 9.80 Å². The molecule has 14 rings (SSSR count). The molecule has 2 fully saturated rings. The lowest BCUT2D eigenvalue weighted by Crippen LogP contribution is -2.39. The van der Waals surface area contributed by atoms with E-state index >= 15 is 0 Å². The zero-order valence-electron chi connectivity index (χ0n) is 40.5. The number of rotatable bonds is 8. The first kappa shape index (κ1) is 41.3. The summed E-state index contributed by atoms with van der Waals surface area (Å²) in [4.78, 5) is 5.58. The number of anilines is 2. The number of allylic oxidation sites excluding steroid dienone is 9. The number of hydrogen-bond acceptors (Lipinski definition) is 2. The molecule has 0 saturated heterocycles. The first-order chi connectivity index (χ1) is 33.8. The molecule has 6 aromatic carbocycles. The molecule has 1 aliphatic heterocycles. The van der Waals surface area contributed by atoms with Crippen LogP contribution in [0.1, 0.15) is 102 Å². The number of hydrogen-bond donors (Lipinski definition) is 0. The smallest absolute Gasteiger partial charge is 0.0553 e. The fourth-order valence-electron chi connectivity index (χ4n) is 15.1. The van der Waals surface area contributed by atoms with E-state index in [1.54, 1.807) is 11.3 Å². The first-order valence-corrected chi connectivity index (χ1v) is 26.1. The summed E-state index contributed by atoms with van der Waals surface area (Å²) >= 11 is 0. The molecule has 0 bridgehead atoms.